The third-order valence-corrected chi connectivity index (χ3v) is 4.45. The number of benzene rings is 1. The highest BCUT2D eigenvalue weighted by Gasteiger charge is 2.19. The molecule has 0 bridgehead atoms. The third-order valence-electron chi connectivity index (χ3n) is 4.45. The van der Waals surface area contributed by atoms with E-state index in [1.54, 1.807) is 6.20 Å². The minimum absolute atomic E-state index is 0. The fourth-order valence-electron chi connectivity index (χ4n) is 3.12. The van der Waals surface area contributed by atoms with Gasteiger partial charge in [-0.05, 0) is 30.7 Å². The van der Waals surface area contributed by atoms with Crippen molar-refractivity contribution < 1.29 is 4.74 Å². The van der Waals surface area contributed by atoms with Crippen molar-refractivity contribution in [2.75, 3.05) is 44.7 Å². The summed E-state index contributed by atoms with van der Waals surface area (Å²) in [5.41, 5.74) is 2.42. The molecule has 1 aromatic carbocycles. The van der Waals surface area contributed by atoms with Gasteiger partial charge in [0, 0.05) is 57.7 Å². The van der Waals surface area contributed by atoms with Gasteiger partial charge in [0.1, 0.15) is 0 Å². The van der Waals surface area contributed by atoms with Gasteiger partial charge in [0.05, 0.1) is 6.61 Å². The molecule has 0 unspecified atom stereocenters. The average molecular weight is 481 g/mol. The zero-order chi connectivity index (χ0) is 18.2. The number of aromatic nitrogens is 1. The van der Waals surface area contributed by atoms with Gasteiger partial charge in [-0.25, -0.2) is 4.98 Å². The Morgan fingerprint density at radius 1 is 1.15 bits per heavy atom. The molecule has 1 N–H and O–H groups in total. The molecule has 0 amide bonds. The second kappa shape index (κ2) is 11.0. The van der Waals surface area contributed by atoms with Crippen LogP contribution in [0.1, 0.15) is 12.5 Å². The Morgan fingerprint density at radius 2 is 1.89 bits per heavy atom. The van der Waals surface area contributed by atoms with Crippen molar-refractivity contribution in [2.24, 2.45) is 4.99 Å². The van der Waals surface area contributed by atoms with Crippen LogP contribution in [0, 0.1) is 0 Å². The maximum absolute atomic E-state index is 5.46. The molecule has 3 rings (SSSR count). The van der Waals surface area contributed by atoms with E-state index in [-0.39, 0.29) is 24.0 Å². The number of guanidine groups is 1. The van der Waals surface area contributed by atoms with Crippen LogP contribution in [-0.4, -0.2) is 55.7 Å². The van der Waals surface area contributed by atoms with Gasteiger partial charge in [-0.2, -0.15) is 0 Å². The maximum atomic E-state index is 5.46. The lowest BCUT2D eigenvalue weighted by atomic mass is 10.2. The molecule has 2 heterocycles. The van der Waals surface area contributed by atoms with Crippen molar-refractivity contribution in [2.45, 2.75) is 13.5 Å². The van der Waals surface area contributed by atoms with Crippen LogP contribution in [0.15, 0.2) is 53.7 Å². The van der Waals surface area contributed by atoms with E-state index in [9.17, 15) is 0 Å². The summed E-state index contributed by atoms with van der Waals surface area (Å²) in [6, 6.07) is 14.5. The fourth-order valence-corrected chi connectivity index (χ4v) is 3.12. The molecular weight excluding hydrogens is 453 g/mol. The summed E-state index contributed by atoms with van der Waals surface area (Å²) < 4.78 is 5.46. The van der Waals surface area contributed by atoms with Crippen molar-refractivity contribution in [3.05, 3.63) is 54.2 Å². The molecule has 1 aromatic heterocycles. The summed E-state index contributed by atoms with van der Waals surface area (Å²) in [6.07, 6.45) is 1.78. The lowest BCUT2D eigenvalue weighted by Gasteiger charge is -2.37. The zero-order valence-corrected chi connectivity index (χ0v) is 18.3. The number of hydrogen-bond donors (Lipinski definition) is 1. The Balaban J connectivity index is 0.00000261. The Labute approximate surface area is 178 Å². The molecule has 0 atom stereocenters. The van der Waals surface area contributed by atoms with Crippen molar-refractivity contribution in [3.8, 4) is 5.88 Å². The Hall–Kier alpha value is -2.03. The third kappa shape index (κ3) is 5.98. The van der Waals surface area contributed by atoms with Crippen LogP contribution in [0.3, 0.4) is 0 Å². The van der Waals surface area contributed by atoms with E-state index < -0.39 is 0 Å². The van der Waals surface area contributed by atoms with Gasteiger partial charge in [0.25, 0.3) is 0 Å². The van der Waals surface area contributed by atoms with E-state index in [0.717, 1.165) is 37.7 Å². The minimum atomic E-state index is 0. The topological polar surface area (TPSA) is 53.0 Å². The summed E-state index contributed by atoms with van der Waals surface area (Å²) in [7, 11) is 1.84. The summed E-state index contributed by atoms with van der Waals surface area (Å²) in [6.45, 7) is 7.18. The second-order valence-electron chi connectivity index (χ2n) is 6.15. The SMILES string of the molecule is CCOc1cc(CNC(=NC)N2CCN(c3ccccc3)CC2)ccn1.I. The number of para-hydroxylation sites is 1. The van der Waals surface area contributed by atoms with Gasteiger partial charge in [0.2, 0.25) is 5.88 Å². The first-order chi connectivity index (χ1) is 12.8. The number of hydrogen-bond acceptors (Lipinski definition) is 4. The molecule has 1 aliphatic rings. The maximum Gasteiger partial charge on any atom is 0.213 e. The van der Waals surface area contributed by atoms with Gasteiger partial charge >= 0.3 is 0 Å². The highest BCUT2D eigenvalue weighted by molar-refractivity contribution is 14.0. The normalized spacial score (nSPS) is 14.5. The summed E-state index contributed by atoms with van der Waals surface area (Å²) in [5, 5.41) is 3.45. The Kier molecular flexibility index (Phi) is 8.63. The first-order valence-corrected chi connectivity index (χ1v) is 9.13. The molecule has 0 spiro atoms. The van der Waals surface area contributed by atoms with Crippen LogP contribution in [-0.2, 0) is 6.54 Å². The van der Waals surface area contributed by atoms with Crippen molar-refractivity contribution in [1.82, 2.24) is 15.2 Å². The van der Waals surface area contributed by atoms with E-state index in [4.69, 9.17) is 4.74 Å². The summed E-state index contributed by atoms with van der Waals surface area (Å²) in [5.74, 6) is 1.60. The highest BCUT2D eigenvalue weighted by Crippen LogP contribution is 2.15. The molecule has 0 aliphatic carbocycles. The van der Waals surface area contributed by atoms with Crippen LogP contribution in [0.4, 0.5) is 5.69 Å². The molecule has 6 nitrogen and oxygen atoms in total. The number of pyridine rings is 1. The van der Waals surface area contributed by atoms with Crippen molar-refractivity contribution in [1.29, 1.82) is 0 Å². The van der Waals surface area contributed by atoms with Gasteiger partial charge < -0.3 is 19.9 Å². The minimum Gasteiger partial charge on any atom is -0.478 e. The summed E-state index contributed by atoms with van der Waals surface area (Å²) in [4.78, 5) is 13.4. The van der Waals surface area contributed by atoms with Crippen LogP contribution < -0.4 is 15.0 Å². The smallest absolute Gasteiger partial charge is 0.213 e. The van der Waals surface area contributed by atoms with E-state index in [1.165, 1.54) is 5.69 Å². The lowest BCUT2D eigenvalue weighted by Crippen LogP contribution is -2.52. The van der Waals surface area contributed by atoms with E-state index in [1.807, 2.05) is 26.1 Å². The molecule has 0 radical (unpaired) electrons. The quantitative estimate of drug-likeness (QED) is 0.405. The number of anilines is 1. The molecule has 146 valence electrons. The van der Waals surface area contributed by atoms with Gasteiger partial charge in [-0.3, -0.25) is 4.99 Å². The zero-order valence-electron chi connectivity index (χ0n) is 16.0. The lowest BCUT2D eigenvalue weighted by molar-refractivity contribution is 0.326. The Bertz CT molecular complexity index is 717. The second-order valence-corrected chi connectivity index (χ2v) is 6.15. The van der Waals surface area contributed by atoms with E-state index in [2.05, 4.69) is 55.4 Å². The number of aliphatic imine (C=N–C) groups is 1. The fraction of sp³-hybridized carbons (Fsp3) is 0.400. The van der Waals surface area contributed by atoms with Crippen LogP contribution in [0.5, 0.6) is 5.88 Å². The largest absolute Gasteiger partial charge is 0.478 e. The van der Waals surface area contributed by atoms with Gasteiger partial charge in [0.15, 0.2) is 5.96 Å². The molecule has 7 heteroatoms. The number of nitrogens with one attached hydrogen (secondary N) is 1. The first kappa shape index (κ1) is 21.3. The van der Waals surface area contributed by atoms with Crippen LogP contribution >= 0.6 is 24.0 Å². The molecule has 0 saturated carbocycles. The van der Waals surface area contributed by atoms with Gasteiger partial charge in [-0.15, -0.1) is 24.0 Å². The first-order valence-electron chi connectivity index (χ1n) is 9.13. The average Bonchev–Trinajstić information content (AvgIpc) is 2.70. The molecular formula is C20H28IN5O. The van der Waals surface area contributed by atoms with Crippen LogP contribution in [0.2, 0.25) is 0 Å². The standard InChI is InChI=1S/C20H27N5O.HI/c1-3-26-19-15-17(9-10-22-19)16-23-20(21-2)25-13-11-24(12-14-25)18-7-5-4-6-8-18;/h4-10,15H,3,11-14,16H2,1-2H3,(H,21,23);1H. The summed E-state index contributed by atoms with van der Waals surface area (Å²) >= 11 is 0. The monoisotopic (exact) mass is 481 g/mol. The predicted molar refractivity (Wildman–Crippen MR) is 121 cm³/mol. The number of ether oxygens (including phenoxy) is 1. The molecule has 1 fully saturated rings. The van der Waals surface area contributed by atoms with Crippen molar-refractivity contribution in [3.63, 3.8) is 0 Å². The molecule has 1 saturated heterocycles. The predicted octanol–water partition coefficient (Wildman–Crippen LogP) is 3.00. The number of nitrogens with zero attached hydrogens (tertiary/aromatic N) is 4. The van der Waals surface area contributed by atoms with Crippen molar-refractivity contribution >= 4 is 35.6 Å². The number of rotatable bonds is 5. The van der Waals surface area contributed by atoms with E-state index in [0.29, 0.717) is 19.0 Å². The van der Waals surface area contributed by atoms with Crippen LogP contribution in [0.25, 0.3) is 0 Å². The Morgan fingerprint density at radius 3 is 2.56 bits per heavy atom. The number of halogens is 1. The van der Waals surface area contributed by atoms with Gasteiger partial charge in [-0.1, -0.05) is 18.2 Å². The van der Waals surface area contributed by atoms with E-state index >= 15 is 0 Å². The number of piperazine rings is 1. The molecule has 2 aromatic rings. The highest BCUT2D eigenvalue weighted by atomic mass is 127. The molecule has 27 heavy (non-hydrogen) atoms. The molecule has 1 aliphatic heterocycles.